The topological polar surface area (TPSA) is 157 Å². The maximum Gasteiger partial charge on any atom is 0.471 e. The minimum absolute atomic E-state index is 0.0312. The fourth-order valence-electron chi connectivity index (χ4n) is 5.88. The Morgan fingerprint density at radius 2 is 1.77 bits per heavy atom. The van der Waals surface area contributed by atoms with Gasteiger partial charge in [-0.15, -0.1) is 0 Å². The second-order valence-electron chi connectivity index (χ2n) is 12.3. The zero-order chi connectivity index (χ0) is 29.7. The molecule has 7 atom stereocenters. The van der Waals surface area contributed by atoms with Gasteiger partial charge in [0.25, 0.3) is 5.91 Å². The minimum Gasteiger partial charge on any atom is -0.381 e. The molecule has 5 amide bonds. The predicted molar refractivity (Wildman–Crippen MR) is 131 cm³/mol. The molecule has 0 radical (unpaired) electrons. The number of alkyl halides is 3. The molecule has 1 saturated carbocycles. The molecule has 0 spiro atoms. The number of amides is 5. The molecule has 5 N–H and O–H groups in total. The second kappa shape index (κ2) is 10.6. The number of likely N-dealkylation sites (tertiary alicyclic amines) is 1. The number of hydrogen-bond acceptors (Lipinski definition) is 6. The molecule has 39 heavy (non-hydrogen) atoms. The van der Waals surface area contributed by atoms with Crippen LogP contribution in [0.2, 0.25) is 0 Å². The summed E-state index contributed by atoms with van der Waals surface area (Å²) in [7, 11) is 1.31. The van der Waals surface area contributed by atoms with Crippen LogP contribution in [0.1, 0.15) is 47.5 Å². The van der Waals surface area contributed by atoms with Crippen molar-refractivity contribution in [2.45, 2.75) is 77.9 Å². The molecule has 3 aliphatic rings. The van der Waals surface area contributed by atoms with E-state index in [1.165, 1.54) is 32.7 Å². The Morgan fingerprint density at radius 3 is 2.26 bits per heavy atom. The van der Waals surface area contributed by atoms with E-state index in [1.807, 2.05) is 13.8 Å². The van der Waals surface area contributed by atoms with Crippen LogP contribution >= 0.6 is 0 Å². The zero-order valence-corrected chi connectivity index (χ0v) is 22.9. The lowest BCUT2D eigenvalue weighted by atomic mass is 9.85. The van der Waals surface area contributed by atoms with Crippen LogP contribution in [0.15, 0.2) is 0 Å². The van der Waals surface area contributed by atoms with Crippen LogP contribution in [0.25, 0.3) is 0 Å². The average molecular weight is 562 g/mol. The Bertz CT molecular complexity index is 1030. The summed E-state index contributed by atoms with van der Waals surface area (Å²) in [4.78, 5) is 64.7. The van der Waals surface area contributed by atoms with Crippen LogP contribution in [0.4, 0.5) is 13.2 Å². The normalized spacial score (nSPS) is 28.1. The number of nitrogens with one attached hydrogen (secondary N) is 4. The first-order valence-corrected chi connectivity index (χ1v) is 13.0. The molecule has 3 rings (SSSR count). The SMILES string of the molecule is CNC(=O)C(O)[C@H](C[C@@H]1CCNC1=O)NC(=O)[C@@H]1[C@@H]2[C@H](CN1C(=O)[C@@H](NC(=O)C(F)(F)F)C(C)(C)C)C2(C)C. The molecule has 0 aromatic heterocycles. The van der Waals surface area contributed by atoms with Crippen molar-refractivity contribution in [2.75, 3.05) is 20.1 Å². The molecule has 0 aromatic carbocycles. The highest BCUT2D eigenvalue weighted by molar-refractivity contribution is 5.95. The van der Waals surface area contributed by atoms with Crippen LogP contribution in [0.3, 0.4) is 0 Å². The lowest BCUT2D eigenvalue weighted by Crippen LogP contribution is -2.62. The molecule has 0 bridgehead atoms. The van der Waals surface area contributed by atoms with E-state index in [0.717, 1.165) is 0 Å². The Morgan fingerprint density at radius 1 is 1.15 bits per heavy atom. The third-order valence-corrected chi connectivity index (χ3v) is 8.33. The van der Waals surface area contributed by atoms with Gasteiger partial charge in [0.1, 0.15) is 12.1 Å². The molecular weight excluding hydrogens is 523 g/mol. The van der Waals surface area contributed by atoms with Crippen LogP contribution in [0.5, 0.6) is 0 Å². The maximum atomic E-state index is 13.7. The van der Waals surface area contributed by atoms with Gasteiger partial charge >= 0.3 is 12.1 Å². The van der Waals surface area contributed by atoms with Crippen molar-refractivity contribution in [3.63, 3.8) is 0 Å². The first-order valence-electron chi connectivity index (χ1n) is 13.0. The number of aliphatic hydroxyl groups excluding tert-OH is 1. The molecule has 220 valence electrons. The highest BCUT2D eigenvalue weighted by atomic mass is 19.4. The zero-order valence-electron chi connectivity index (χ0n) is 22.9. The number of carbonyl (C=O) groups is 5. The van der Waals surface area contributed by atoms with Crippen LogP contribution in [-0.4, -0.2) is 90.1 Å². The van der Waals surface area contributed by atoms with E-state index < -0.39 is 65.4 Å². The maximum absolute atomic E-state index is 13.7. The number of halogens is 3. The molecule has 11 nitrogen and oxygen atoms in total. The van der Waals surface area contributed by atoms with Gasteiger partial charge in [-0.3, -0.25) is 24.0 Å². The number of carbonyl (C=O) groups excluding carboxylic acids is 5. The number of likely N-dealkylation sites (N-methyl/N-ethyl adjacent to an activating group) is 1. The van der Waals surface area contributed by atoms with Gasteiger partial charge in [0.05, 0.1) is 6.04 Å². The molecule has 1 unspecified atom stereocenters. The fraction of sp³-hybridized carbons (Fsp3) is 0.800. The Kier molecular flexibility index (Phi) is 8.31. The van der Waals surface area contributed by atoms with Gasteiger partial charge in [0.2, 0.25) is 17.7 Å². The summed E-state index contributed by atoms with van der Waals surface area (Å²) >= 11 is 0. The number of piperidine rings is 1. The number of rotatable bonds is 8. The van der Waals surface area contributed by atoms with E-state index in [-0.39, 0.29) is 36.1 Å². The van der Waals surface area contributed by atoms with E-state index in [1.54, 1.807) is 5.32 Å². The van der Waals surface area contributed by atoms with Crippen LogP contribution in [-0.2, 0) is 24.0 Å². The summed E-state index contributed by atoms with van der Waals surface area (Å²) in [5.74, 6) is -5.82. The molecule has 3 fully saturated rings. The number of hydrogen-bond donors (Lipinski definition) is 5. The summed E-state index contributed by atoms with van der Waals surface area (Å²) < 4.78 is 39.1. The van der Waals surface area contributed by atoms with E-state index in [9.17, 15) is 42.3 Å². The number of aliphatic hydroxyl groups is 1. The quantitative estimate of drug-likeness (QED) is 0.274. The monoisotopic (exact) mass is 561 g/mol. The molecular formula is C25H38F3N5O6. The summed E-state index contributed by atoms with van der Waals surface area (Å²) in [5, 5.41) is 20.1. The molecule has 1 aliphatic carbocycles. The van der Waals surface area contributed by atoms with Crippen LogP contribution in [0, 0.1) is 28.6 Å². The number of nitrogens with zero attached hydrogens (tertiary/aromatic N) is 1. The van der Waals surface area contributed by atoms with Gasteiger partial charge in [-0.2, -0.15) is 13.2 Å². The Labute approximate surface area is 225 Å². The summed E-state index contributed by atoms with van der Waals surface area (Å²) in [6, 6.07) is -3.84. The lowest BCUT2D eigenvalue weighted by molar-refractivity contribution is -0.176. The predicted octanol–water partition coefficient (Wildman–Crippen LogP) is -0.319. The largest absolute Gasteiger partial charge is 0.471 e. The third kappa shape index (κ3) is 6.15. The molecule has 14 heteroatoms. The first kappa shape index (κ1) is 30.6. The summed E-state index contributed by atoms with van der Waals surface area (Å²) in [6.45, 7) is 8.85. The summed E-state index contributed by atoms with van der Waals surface area (Å²) in [5.41, 5.74) is -1.46. The van der Waals surface area contributed by atoms with Crippen molar-refractivity contribution in [1.29, 1.82) is 0 Å². The standard InChI is InChI=1S/C25H38F3N5O6/c1-23(2,3)17(32-22(39)25(26,27)28)21(38)33-10-12-14(24(12,4)5)15(33)19(36)31-13(16(34)20(37)29-6)9-11-7-8-30-18(11)35/h11-17,34H,7-10H2,1-6H3,(H,29,37)(H,30,35)(H,31,36)(H,32,39)/t11-,12-,13-,14-,15-,16?,17+/m0/s1. The van der Waals surface area contributed by atoms with Crippen molar-refractivity contribution >= 4 is 29.5 Å². The van der Waals surface area contributed by atoms with Gasteiger partial charge < -0.3 is 31.3 Å². The lowest BCUT2D eigenvalue weighted by Gasteiger charge is -2.38. The van der Waals surface area contributed by atoms with Gasteiger partial charge in [-0.05, 0) is 35.5 Å². The van der Waals surface area contributed by atoms with Crippen molar-refractivity contribution in [3.05, 3.63) is 0 Å². The van der Waals surface area contributed by atoms with Gasteiger partial charge in [-0.1, -0.05) is 34.6 Å². The summed E-state index contributed by atoms with van der Waals surface area (Å²) in [6.07, 6.45) is -6.47. The van der Waals surface area contributed by atoms with Gasteiger partial charge in [0, 0.05) is 26.1 Å². The number of fused-ring (bicyclic) bond motifs is 1. The third-order valence-electron chi connectivity index (χ3n) is 8.33. The highest BCUT2D eigenvalue weighted by Gasteiger charge is 2.70. The van der Waals surface area contributed by atoms with E-state index in [0.29, 0.717) is 13.0 Å². The molecule has 2 aliphatic heterocycles. The van der Waals surface area contributed by atoms with E-state index in [2.05, 4.69) is 16.0 Å². The minimum atomic E-state index is -5.20. The van der Waals surface area contributed by atoms with Crippen molar-refractivity contribution in [3.8, 4) is 0 Å². The average Bonchev–Trinajstić information content (AvgIpc) is 3.18. The van der Waals surface area contributed by atoms with Crippen molar-refractivity contribution < 1.29 is 42.3 Å². The highest BCUT2D eigenvalue weighted by Crippen LogP contribution is 2.65. The molecule has 2 heterocycles. The van der Waals surface area contributed by atoms with Gasteiger partial charge in [0.15, 0.2) is 6.10 Å². The fourth-order valence-corrected chi connectivity index (χ4v) is 5.88. The Balaban J connectivity index is 1.88. The molecule has 0 aromatic rings. The van der Waals surface area contributed by atoms with Gasteiger partial charge in [-0.25, -0.2) is 0 Å². The second-order valence-corrected chi connectivity index (χ2v) is 12.3. The van der Waals surface area contributed by atoms with Crippen molar-refractivity contribution in [1.82, 2.24) is 26.2 Å². The molecule has 2 saturated heterocycles. The van der Waals surface area contributed by atoms with Crippen LogP contribution < -0.4 is 21.3 Å². The first-order chi connectivity index (χ1) is 17.8. The Hall–Kier alpha value is -2.90. The van der Waals surface area contributed by atoms with E-state index >= 15 is 0 Å². The van der Waals surface area contributed by atoms with Crippen molar-refractivity contribution in [2.24, 2.45) is 28.6 Å². The van der Waals surface area contributed by atoms with E-state index in [4.69, 9.17) is 0 Å². The smallest absolute Gasteiger partial charge is 0.381 e.